The van der Waals surface area contributed by atoms with E-state index in [0.29, 0.717) is 35.1 Å². The molecule has 1 spiro atoms. The topological polar surface area (TPSA) is 68.2 Å². The van der Waals surface area contributed by atoms with E-state index in [1.54, 1.807) is 11.1 Å². The summed E-state index contributed by atoms with van der Waals surface area (Å²) in [5.41, 5.74) is 2.33. The van der Waals surface area contributed by atoms with E-state index in [-0.39, 0.29) is 24.3 Å². The average molecular weight is 555 g/mol. The number of piperidine rings is 1. The van der Waals surface area contributed by atoms with Gasteiger partial charge in [0.25, 0.3) is 5.91 Å². The molecule has 38 heavy (non-hydrogen) atoms. The van der Waals surface area contributed by atoms with Gasteiger partial charge >= 0.3 is 0 Å². The lowest BCUT2D eigenvalue weighted by Gasteiger charge is -2.54. The Labute approximate surface area is 234 Å². The highest BCUT2D eigenvalue weighted by atomic mass is 35.5. The quantitative estimate of drug-likeness (QED) is 0.483. The fourth-order valence-electron chi connectivity index (χ4n) is 6.25. The molecule has 3 heterocycles. The molecule has 0 aromatic heterocycles. The number of halogens is 2. The Bertz CT molecular complexity index is 1330. The van der Waals surface area contributed by atoms with Crippen molar-refractivity contribution in [1.29, 1.82) is 0 Å². The average Bonchev–Trinajstić information content (AvgIpc) is 3.14. The number of benzene rings is 2. The van der Waals surface area contributed by atoms with Crippen molar-refractivity contribution in [2.24, 2.45) is 5.10 Å². The number of rotatable bonds is 7. The lowest BCUT2D eigenvalue weighted by Crippen LogP contribution is -2.66. The van der Waals surface area contributed by atoms with Crippen molar-refractivity contribution in [2.45, 2.75) is 43.6 Å². The van der Waals surface area contributed by atoms with Gasteiger partial charge in [0.15, 0.2) is 0 Å². The summed E-state index contributed by atoms with van der Waals surface area (Å²) in [6, 6.07) is 12.8. The van der Waals surface area contributed by atoms with E-state index in [0.717, 1.165) is 35.5 Å². The Morgan fingerprint density at radius 2 is 1.95 bits per heavy atom. The number of anilines is 1. The molecule has 9 heteroatoms. The van der Waals surface area contributed by atoms with Crippen molar-refractivity contribution in [3.63, 3.8) is 0 Å². The van der Waals surface area contributed by atoms with Gasteiger partial charge in [-0.05, 0) is 68.9 Å². The number of hydrogen-bond donors (Lipinski definition) is 1. The Kier molecular flexibility index (Phi) is 7.29. The zero-order chi connectivity index (χ0) is 27.2. The van der Waals surface area contributed by atoms with E-state index in [2.05, 4.69) is 16.8 Å². The maximum Gasteiger partial charge on any atom is 0.262 e. The van der Waals surface area contributed by atoms with Crippen LogP contribution in [0.2, 0.25) is 10.0 Å². The van der Waals surface area contributed by atoms with E-state index >= 15 is 0 Å². The summed E-state index contributed by atoms with van der Waals surface area (Å²) < 4.78 is 0. The first-order valence-corrected chi connectivity index (χ1v) is 13.8. The van der Waals surface area contributed by atoms with Gasteiger partial charge in [0.1, 0.15) is 17.8 Å². The molecule has 2 amide bonds. The molecule has 7 nitrogen and oxygen atoms in total. The SMILES string of the molecule is C=C(CC)[C@H]1N2CC(=O)N(CCCN(C)C)N=C2C[C@@H](c2cccc(Cl)c2)C12C(=O)Nc1cc(Cl)ccc12. The summed E-state index contributed by atoms with van der Waals surface area (Å²) in [5.74, 6) is 0.301. The van der Waals surface area contributed by atoms with Gasteiger partial charge in [-0.1, -0.05) is 60.5 Å². The maximum absolute atomic E-state index is 14.2. The molecule has 0 bridgehead atoms. The van der Waals surface area contributed by atoms with Crippen LogP contribution in [0.5, 0.6) is 0 Å². The highest BCUT2D eigenvalue weighted by molar-refractivity contribution is 6.31. The second-order valence-corrected chi connectivity index (χ2v) is 11.4. The third-order valence-electron chi connectivity index (χ3n) is 7.96. The van der Waals surface area contributed by atoms with Crippen LogP contribution in [0.25, 0.3) is 0 Å². The first-order chi connectivity index (χ1) is 18.2. The molecule has 3 aliphatic heterocycles. The number of hydrazone groups is 1. The molecule has 1 N–H and O–H groups in total. The molecule has 2 aromatic rings. The smallest absolute Gasteiger partial charge is 0.262 e. The van der Waals surface area contributed by atoms with Crippen LogP contribution in [0.1, 0.15) is 43.2 Å². The van der Waals surface area contributed by atoms with Crippen molar-refractivity contribution < 1.29 is 9.59 Å². The van der Waals surface area contributed by atoms with Crippen LogP contribution in [0.4, 0.5) is 5.69 Å². The van der Waals surface area contributed by atoms with Crippen molar-refractivity contribution in [3.8, 4) is 0 Å². The molecule has 200 valence electrons. The number of nitrogens with zero attached hydrogens (tertiary/aromatic N) is 4. The molecular formula is C29H33Cl2N5O2. The number of hydrogen-bond acceptors (Lipinski definition) is 5. The largest absolute Gasteiger partial charge is 0.341 e. The van der Waals surface area contributed by atoms with Crippen molar-refractivity contribution >= 4 is 46.5 Å². The Morgan fingerprint density at radius 3 is 2.66 bits per heavy atom. The second kappa shape index (κ2) is 10.4. The fourth-order valence-corrected chi connectivity index (χ4v) is 6.62. The van der Waals surface area contributed by atoms with Gasteiger partial charge in [0.05, 0.1) is 6.04 Å². The molecule has 2 aromatic carbocycles. The van der Waals surface area contributed by atoms with Gasteiger partial charge < -0.3 is 15.1 Å². The molecule has 0 saturated carbocycles. The lowest BCUT2D eigenvalue weighted by atomic mass is 9.58. The summed E-state index contributed by atoms with van der Waals surface area (Å²) in [5, 5.41) is 10.7. The molecule has 1 saturated heterocycles. The van der Waals surface area contributed by atoms with Gasteiger partial charge in [0, 0.05) is 34.6 Å². The minimum Gasteiger partial charge on any atom is -0.341 e. The third kappa shape index (κ3) is 4.40. The normalized spacial score (nSPS) is 24.4. The van der Waals surface area contributed by atoms with Crippen LogP contribution in [0, 0.1) is 0 Å². The van der Waals surface area contributed by atoms with Crippen LogP contribution >= 0.6 is 23.2 Å². The number of amides is 2. The van der Waals surface area contributed by atoms with E-state index in [1.807, 2.05) is 62.3 Å². The van der Waals surface area contributed by atoms with Crippen LogP contribution in [-0.2, 0) is 15.0 Å². The van der Waals surface area contributed by atoms with Crippen LogP contribution in [0.3, 0.4) is 0 Å². The van der Waals surface area contributed by atoms with E-state index in [9.17, 15) is 9.59 Å². The van der Waals surface area contributed by atoms with Gasteiger partial charge in [-0.3, -0.25) is 9.59 Å². The lowest BCUT2D eigenvalue weighted by molar-refractivity contribution is -0.135. The van der Waals surface area contributed by atoms with Crippen LogP contribution in [-0.4, -0.2) is 72.2 Å². The molecule has 3 aliphatic rings. The Hall–Kier alpha value is -2.87. The molecule has 0 aliphatic carbocycles. The van der Waals surface area contributed by atoms with E-state index in [4.69, 9.17) is 28.3 Å². The highest BCUT2D eigenvalue weighted by Gasteiger charge is 2.63. The summed E-state index contributed by atoms with van der Waals surface area (Å²) in [6.45, 7) is 8.01. The first-order valence-electron chi connectivity index (χ1n) is 13.0. The summed E-state index contributed by atoms with van der Waals surface area (Å²) >= 11 is 12.8. The van der Waals surface area contributed by atoms with Crippen molar-refractivity contribution in [1.82, 2.24) is 14.8 Å². The minimum absolute atomic E-state index is 0.0764. The molecule has 3 atom stereocenters. The number of fused-ring (bicyclic) bond motifs is 3. The summed E-state index contributed by atoms with van der Waals surface area (Å²) in [6.07, 6.45) is 1.94. The number of carbonyl (C=O) groups is 2. The number of nitrogens with one attached hydrogen (secondary N) is 1. The van der Waals surface area contributed by atoms with E-state index < -0.39 is 11.5 Å². The predicted molar refractivity (Wildman–Crippen MR) is 153 cm³/mol. The molecule has 1 fully saturated rings. The minimum atomic E-state index is -1.04. The Balaban J connectivity index is 1.70. The first kappa shape index (κ1) is 26.7. The standard InChI is InChI=1S/C29H33Cl2N5O2/c1-5-18(2)27-29(22-11-10-21(31)15-24(22)32-28(29)38)23(19-8-6-9-20(30)14-19)16-25-33-36(13-7-12-34(3)4)26(37)17-35(25)27/h6,8-11,14-15,23,27H,2,5,7,12-13,16-17H2,1,3-4H3,(H,32,38)/t23-,27+,29?/m0/s1. The molecular weight excluding hydrogens is 521 g/mol. The maximum atomic E-state index is 14.2. The summed E-state index contributed by atoms with van der Waals surface area (Å²) in [7, 11) is 4.03. The van der Waals surface area contributed by atoms with Crippen LogP contribution in [0.15, 0.2) is 59.7 Å². The van der Waals surface area contributed by atoms with Crippen molar-refractivity contribution in [2.75, 3.05) is 39.0 Å². The van der Waals surface area contributed by atoms with Gasteiger partial charge in [-0.2, -0.15) is 5.10 Å². The molecule has 5 rings (SSSR count). The zero-order valence-corrected chi connectivity index (χ0v) is 23.5. The molecule has 0 radical (unpaired) electrons. The van der Waals surface area contributed by atoms with E-state index in [1.165, 1.54) is 0 Å². The zero-order valence-electron chi connectivity index (χ0n) is 22.0. The highest BCUT2D eigenvalue weighted by Crippen LogP contribution is 2.57. The monoisotopic (exact) mass is 553 g/mol. The van der Waals surface area contributed by atoms with Gasteiger partial charge in [0.2, 0.25) is 5.91 Å². The Morgan fingerprint density at radius 1 is 1.18 bits per heavy atom. The number of amidine groups is 1. The third-order valence-corrected chi connectivity index (χ3v) is 8.43. The summed E-state index contributed by atoms with van der Waals surface area (Å²) in [4.78, 5) is 31.7. The van der Waals surface area contributed by atoms with Gasteiger partial charge in [-0.25, -0.2) is 5.01 Å². The van der Waals surface area contributed by atoms with Gasteiger partial charge in [-0.15, -0.1) is 0 Å². The predicted octanol–water partition coefficient (Wildman–Crippen LogP) is 5.12. The number of carbonyl (C=O) groups excluding carboxylic acids is 2. The fraction of sp³-hybridized carbons (Fsp3) is 0.414. The molecule has 1 unspecified atom stereocenters. The van der Waals surface area contributed by atoms with Crippen LogP contribution < -0.4 is 5.32 Å². The van der Waals surface area contributed by atoms with Crippen molar-refractivity contribution in [3.05, 3.63) is 75.8 Å². The second-order valence-electron chi connectivity index (χ2n) is 10.6.